The zero-order valence-corrected chi connectivity index (χ0v) is 33.2. The minimum atomic E-state index is -1.79. The molecule has 3 aromatic rings. The maximum Gasteiger partial charge on any atom is 0.325 e. The van der Waals surface area contributed by atoms with Gasteiger partial charge in [-0.05, 0) is 63.3 Å². The van der Waals surface area contributed by atoms with Crippen LogP contribution in [0.3, 0.4) is 0 Å². The Labute approximate surface area is 329 Å². The lowest BCUT2D eigenvalue weighted by Gasteiger charge is -2.35. The van der Waals surface area contributed by atoms with E-state index < -0.39 is 69.7 Å². The van der Waals surface area contributed by atoms with Crippen molar-refractivity contribution < 1.29 is 33.4 Å². The standard InChI is InChI=1S/C37H46Cl3N7O7/c1-22(2)31(44-35(52)36(5,6)15-14-25-10-11-26-12-13-27(42-29(26)19-25)23(3)54-24(4)48)32(49)43-30(20-46-17-8-16-41-46)33(50)47-18-7-9-28(45-47)34(51)53-21-37(38,39)40/h8,10-17,19,22-23,28,30-31,45H,7,9,18,20-21H2,1-6H3,(H,43,49)(H,44,52)/b15-14+/t23-,28+,30?,31+/m1/s1. The number of benzene rings is 1. The van der Waals surface area contributed by atoms with Crippen LogP contribution in [-0.2, 0) is 40.0 Å². The Morgan fingerprint density at radius 3 is 2.44 bits per heavy atom. The lowest BCUT2D eigenvalue weighted by Crippen LogP contribution is -2.62. The predicted molar refractivity (Wildman–Crippen MR) is 205 cm³/mol. The summed E-state index contributed by atoms with van der Waals surface area (Å²) in [6, 6.07) is 8.08. The summed E-state index contributed by atoms with van der Waals surface area (Å²) >= 11 is 17.1. The molecule has 3 N–H and O–H groups in total. The van der Waals surface area contributed by atoms with E-state index in [1.54, 1.807) is 65.2 Å². The van der Waals surface area contributed by atoms with Crippen LogP contribution >= 0.6 is 34.8 Å². The minimum absolute atomic E-state index is 0.0180. The van der Waals surface area contributed by atoms with Gasteiger partial charge in [-0.25, -0.2) is 10.4 Å². The van der Waals surface area contributed by atoms with Crippen molar-refractivity contribution in [2.75, 3.05) is 13.2 Å². The van der Waals surface area contributed by atoms with E-state index in [-0.39, 0.29) is 19.0 Å². The van der Waals surface area contributed by atoms with Crippen LogP contribution in [0.4, 0.5) is 0 Å². The number of hydrazine groups is 1. The first-order valence-electron chi connectivity index (χ1n) is 17.5. The predicted octanol–water partition coefficient (Wildman–Crippen LogP) is 4.83. The summed E-state index contributed by atoms with van der Waals surface area (Å²) < 4.78 is 10.1. The van der Waals surface area contributed by atoms with Gasteiger partial charge in [-0.1, -0.05) is 79.0 Å². The Morgan fingerprint density at radius 2 is 1.80 bits per heavy atom. The van der Waals surface area contributed by atoms with Crippen LogP contribution in [0.5, 0.6) is 0 Å². The second-order valence-corrected chi connectivity index (χ2v) is 16.5. The highest BCUT2D eigenvalue weighted by molar-refractivity contribution is 6.67. The van der Waals surface area contributed by atoms with Gasteiger partial charge in [0, 0.05) is 31.2 Å². The lowest BCUT2D eigenvalue weighted by molar-refractivity contribution is -0.153. The van der Waals surface area contributed by atoms with Crippen molar-refractivity contribution in [1.29, 1.82) is 0 Å². The van der Waals surface area contributed by atoms with Crippen molar-refractivity contribution in [3.05, 3.63) is 66.1 Å². The molecular formula is C37H46Cl3N7O7. The molecule has 0 aliphatic carbocycles. The number of halogens is 3. The molecule has 292 valence electrons. The topological polar surface area (TPSA) is 174 Å². The van der Waals surface area contributed by atoms with Gasteiger partial charge in [0.15, 0.2) is 0 Å². The molecule has 4 atom stereocenters. The molecule has 0 radical (unpaired) electrons. The number of nitrogens with zero attached hydrogens (tertiary/aromatic N) is 4. The summed E-state index contributed by atoms with van der Waals surface area (Å²) in [7, 11) is 0. The van der Waals surface area contributed by atoms with Crippen LogP contribution in [-0.4, -0.2) is 84.5 Å². The number of rotatable bonds is 14. The number of carbonyl (C=O) groups is 5. The van der Waals surface area contributed by atoms with E-state index in [9.17, 15) is 24.0 Å². The van der Waals surface area contributed by atoms with E-state index in [0.29, 0.717) is 24.1 Å². The summed E-state index contributed by atoms with van der Waals surface area (Å²) in [5.41, 5.74) is 3.92. The molecule has 0 spiro atoms. The van der Waals surface area contributed by atoms with Crippen LogP contribution in [0.15, 0.2) is 54.9 Å². The Morgan fingerprint density at radius 1 is 1.07 bits per heavy atom. The molecule has 4 rings (SSSR count). The number of ether oxygens (including phenoxy) is 2. The molecule has 1 saturated heterocycles. The van der Waals surface area contributed by atoms with Crippen LogP contribution in [0.2, 0.25) is 0 Å². The fourth-order valence-corrected chi connectivity index (χ4v) is 5.79. The number of pyridine rings is 1. The number of fused-ring (bicyclic) bond motifs is 1. The number of hydrogen-bond donors (Lipinski definition) is 3. The average Bonchev–Trinajstić information content (AvgIpc) is 3.63. The van der Waals surface area contributed by atoms with Crippen molar-refractivity contribution in [3.8, 4) is 0 Å². The summed E-state index contributed by atoms with van der Waals surface area (Å²) in [5, 5.41) is 12.0. The summed E-state index contributed by atoms with van der Waals surface area (Å²) in [6.45, 7) is 9.91. The number of carbonyl (C=O) groups excluding carboxylic acids is 5. The van der Waals surface area contributed by atoms with Crippen molar-refractivity contribution in [3.63, 3.8) is 0 Å². The fourth-order valence-electron chi connectivity index (χ4n) is 5.63. The summed E-state index contributed by atoms with van der Waals surface area (Å²) in [4.78, 5) is 70.2. The number of alkyl halides is 3. The number of amides is 3. The van der Waals surface area contributed by atoms with E-state index in [2.05, 4.69) is 26.1 Å². The third-order valence-corrected chi connectivity index (χ3v) is 9.00. The highest BCUT2D eigenvalue weighted by atomic mass is 35.6. The summed E-state index contributed by atoms with van der Waals surface area (Å²) in [6.07, 6.45) is 7.07. The first-order valence-corrected chi connectivity index (χ1v) is 18.6. The molecule has 54 heavy (non-hydrogen) atoms. The van der Waals surface area contributed by atoms with Crippen molar-refractivity contribution in [2.45, 2.75) is 89.0 Å². The van der Waals surface area contributed by atoms with Gasteiger partial charge in [0.1, 0.15) is 30.8 Å². The minimum Gasteiger partial charge on any atom is -0.460 e. The van der Waals surface area contributed by atoms with Gasteiger partial charge >= 0.3 is 11.9 Å². The zero-order chi connectivity index (χ0) is 39.8. The van der Waals surface area contributed by atoms with Crippen LogP contribution < -0.4 is 16.1 Å². The monoisotopic (exact) mass is 805 g/mol. The molecule has 1 aromatic carbocycles. The Kier molecular flexibility index (Phi) is 14.5. The van der Waals surface area contributed by atoms with Crippen molar-refractivity contribution in [1.82, 2.24) is 35.8 Å². The van der Waals surface area contributed by atoms with Gasteiger partial charge in [-0.2, -0.15) is 5.10 Å². The number of esters is 2. The molecule has 14 nitrogen and oxygen atoms in total. The second kappa shape index (κ2) is 18.4. The Bertz CT molecular complexity index is 1850. The quantitative estimate of drug-likeness (QED) is 0.151. The van der Waals surface area contributed by atoms with Gasteiger partial charge in [-0.3, -0.25) is 33.7 Å². The van der Waals surface area contributed by atoms with Crippen LogP contribution in [0, 0.1) is 11.3 Å². The molecule has 0 saturated carbocycles. The van der Waals surface area contributed by atoms with E-state index in [1.165, 1.54) is 16.6 Å². The summed E-state index contributed by atoms with van der Waals surface area (Å²) in [5.74, 6) is -2.94. The molecule has 1 aliphatic heterocycles. The van der Waals surface area contributed by atoms with E-state index in [0.717, 1.165) is 10.9 Å². The third kappa shape index (κ3) is 12.1. The molecule has 3 heterocycles. The van der Waals surface area contributed by atoms with Gasteiger partial charge < -0.3 is 20.1 Å². The van der Waals surface area contributed by atoms with E-state index >= 15 is 0 Å². The number of aromatic nitrogens is 3. The normalized spacial score (nSPS) is 16.9. The van der Waals surface area contributed by atoms with Gasteiger partial charge in [-0.15, -0.1) is 0 Å². The van der Waals surface area contributed by atoms with Crippen LogP contribution in [0.1, 0.15) is 71.7 Å². The Balaban J connectivity index is 1.46. The first-order chi connectivity index (χ1) is 25.3. The molecule has 2 aromatic heterocycles. The van der Waals surface area contributed by atoms with Crippen molar-refractivity contribution in [2.24, 2.45) is 11.3 Å². The molecule has 1 unspecified atom stereocenters. The lowest BCUT2D eigenvalue weighted by atomic mass is 9.89. The average molecular weight is 807 g/mol. The first kappa shape index (κ1) is 42.5. The SMILES string of the molecule is CC(=O)O[C@H](C)c1ccc2ccc(/C=C/C(C)(C)C(=O)N[C@H](C(=O)NC(Cn3cccn3)C(=O)N3CCC[C@@H](C(=O)OCC(Cl)(Cl)Cl)N3)C(C)C)cc2n1. The molecule has 1 aliphatic rings. The molecular weight excluding hydrogens is 761 g/mol. The van der Waals surface area contributed by atoms with E-state index in [4.69, 9.17) is 44.3 Å². The van der Waals surface area contributed by atoms with Gasteiger partial charge in [0.2, 0.25) is 15.6 Å². The van der Waals surface area contributed by atoms with Gasteiger partial charge in [0.25, 0.3) is 5.91 Å². The smallest absolute Gasteiger partial charge is 0.325 e. The molecule has 17 heteroatoms. The molecule has 1 fully saturated rings. The van der Waals surface area contributed by atoms with Crippen molar-refractivity contribution >= 4 is 81.4 Å². The highest BCUT2D eigenvalue weighted by Crippen LogP contribution is 2.27. The van der Waals surface area contributed by atoms with Crippen LogP contribution in [0.25, 0.3) is 17.0 Å². The maximum atomic E-state index is 13.9. The zero-order valence-electron chi connectivity index (χ0n) is 31.0. The largest absolute Gasteiger partial charge is 0.460 e. The molecule has 0 bridgehead atoms. The van der Waals surface area contributed by atoms with Gasteiger partial charge in [0.05, 0.1) is 23.2 Å². The number of hydrogen-bond acceptors (Lipinski definition) is 10. The number of nitrogens with one attached hydrogen (secondary N) is 3. The Hall–Kier alpha value is -4.24. The van der Waals surface area contributed by atoms with E-state index in [1.807, 2.05) is 30.3 Å². The highest BCUT2D eigenvalue weighted by Gasteiger charge is 2.37. The maximum absolute atomic E-state index is 13.9. The second-order valence-electron chi connectivity index (χ2n) is 14.0. The molecule has 3 amide bonds. The fraction of sp³-hybridized carbons (Fsp3) is 0.486. The third-order valence-electron chi connectivity index (χ3n) is 8.67.